The van der Waals surface area contributed by atoms with E-state index in [4.69, 9.17) is 85.0 Å². The topological polar surface area (TPSA) is 142 Å². The number of hydrogen-bond donors (Lipinski definition) is 0. The first-order chi connectivity index (χ1) is 86.0. The summed E-state index contributed by atoms with van der Waals surface area (Å²) in [6.45, 7) is 3.62. The Hall–Kier alpha value is -17.0. The zero-order valence-electron chi connectivity index (χ0n) is 118. The second-order valence-corrected chi connectivity index (χ2v) is 35.2. The number of fused-ring (bicyclic) bond motifs is 16. The van der Waals surface area contributed by atoms with Crippen molar-refractivity contribution in [2.75, 3.05) is 0 Å². The van der Waals surface area contributed by atoms with E-state index in [0.717, 1.165) is 33.2 Å². The molecule has 0 fully saturated rings. The van der Waals surface area contributed by atoms with E-state index in [2.05, 4.69) is 55.3 Å². The fourth-order valence-corrected chi connectivity index (χ4v) is 19.2. The number of rotatable bonds is 12. The summed E-state index contributed by atoms with van der Waals surface area (Å²) >= 11 is 0.998. The Kier molecular flexibility index (Phi) is 10.6. The summed E-state index contributed by atoms with van der Waals surface area (Å²) in [5.41, 5.74) is -4.08. The first-order valence-electron chi connectivity index (χ1n) is 65.2. The number of hydrogen-bond acceptors (Lipinski definition) is 12. The Labute approximate surface area is 835 Å². The molecule has 132 heavy (non-hydrogen) atoms. The lowest BCUT2D eigenvalue weighted by Crippen LogP contribution is -2.49. The van der Waals surface area contributed by atoms with E-state index in [-0.39, 0.29) is 146 Å². The third-order valence-electron chi connectivity index (χ3n) is 21.6. The van der Waals surface area contributed by atoms with Gasteiger partial charge in [0.2, 0.25) is 0 Å². The van der Waals surface area contributed by atoms with E-state index in [1.165, 1.54) is 0 Å². The summed E-state index contributed by atoms with van der Waals surface area (Å²) in [7, 11) is -3.15. The van der Waals surface area contributed by atoms with E-state index in [1.807, 2.05) is 79.8 Å². The molecule has 19 aromatic carbocycles. The number of aromatic nitrogens is 9. The molecule has 13 heteroatoms. The van der Waals surface area contributed by atoms with Gasteiger partial charge in [-0.1, -0.05) is 364 Å². The van der Waals surface area contributed by atoms with Crippen molar-refractivity contribution in [1.29, 1.82) is 0 Å². The van der Waals surface area contributed by atoms with Gasteiger partial charge in [0.05, 0.1) is 68.5 Å². The predicted molar refractivity (Wildman–Crippen MR) is 547 cm³/mol. The fourth-order valence-electron chi connectivity index (χ4n) is 15.4. The molecule has 0 saturated carbocycles. The maximum atomic E-state index is 9.78. The molecule has 0 spiro atoms. The van der Waals surface area contributed by atoms with Crippen LogP contribution >= 0.6 is 11.3 Å². The molecule has 0 atom stereocenters. The molecular weight excluding hydrogens is 1650 g/mol. The summed E-state index contributed by atoms with van der Waals surface area (Å²) in [5.74, 6) is -2.71. The number of benzene rings is 19. The van der Waals surface area contributed by atoms with Crippen molar-refractivity contribution in [3.8, 4) is 147 Å². The van der Waals surface area contributed by atoms with Gasteiger partial charge in [-0.25, -0.2) is 44.9 Å². The molecule has 0 N–H and O–H groups in total. The van der Waals surface area contributed by atoms with Crippen molar-refractivity contribution in [3.63, 3.8) is 0 Å². The molecule has 7 heterocycles. The molecule has 0 radical (unpaired) electrons. The van der Waals surface area contributed by atoms with Crippen LogP contribution in [0.3, 0.4) is 0 Å². The number of para-hydroxylation sites is 2. The minimum Gasteiger partial charge on any atom is -0.456 e. The van der Waals surface area contributed by atoms with Crippen LogP contribution in [0.1, 0.15) is 68.5 Å². The minimum atomic E-state index is -3.15. The summed E-state index contributed by atoms with van der Waals surface area (Å²) in [4.78, 5) is 41.5. The first kappa shape index (κ1) is 42.3. The Morgan fingerprint density at radius 2 is 0.689 bits per heavy atom. The maximum Gasteiger partial charge on any atom is 0.164 e. The molecule has 25 aromatic rings. The van der Waals surface area contributed by atoms with Gasteiger partial charge in [-0.05, 0) is 166 Å². The molecule has 0 aliphatic carbocycles. The highest BCUT2D eigenvalue weighted by atomic mass is 32.1. The normalized spacial score (nSPS) is 17.4. The van der Waals surface area contributed by atoms with Gasteiger partial charge in [-0.3, -0.25) is 0 Å². The summed E-state index contributed by atoms with van der Waals surface area (Å²) in [5, 5.41) is 0.711. The lowest BCUT2D eigenvalue weighted by Gasteiger charge is -2.18. The second-order valence-electron chi connectivity index (χ2n) is 29.9. The van der Waals surface area contributed by atoms with Crippen LogP contribution in [0.15, 0.2) is 438 Å². The van der Waals surface area contributed by atoms with Crippen LogP contribution in [0, 0.1) is 0 Å². The Morgan fingerprint density at radius 1 is 0.235 bits per heavy atom. The zero-order valence-corrected chi connectivity index (χ0v) is 69.7. The Bertz CT molecular complexity index is 12100. The van der Waals surface area contributed by atoms with Crippen LogP contribution < -0.4 is 10.4 Å². The molecule has 620 valence electrons. The quantitative estimate of drug-likeness (QED) is 0.108. The van der Waals surface area contributed by atoms with Gasteiger partial charge in [0, 0.05) is 91.8 Å². The molecule has 0 unspecified atom stereocenters. The number of nitrogens with zero attached hydrogens (tertiary/aromatic N) is 9. The van der Waals surface area contributed by atoms with Crippen LogP contribution in [-0.2, 0) is 0 Å². The zero-order chi connectivity index (χ0) is 131. The van der Waals surface area contributed by atoms with Gasteiger partial charge in [-0.2, -0.15) is 0 Å². The van der Waals surface area contributed by atoms with E-state index >= 15 is 0 Å². The van der Waals surface area contributed by atoms with E-state index < -0.39 is 357 Å². The molecule has 1 aliphatic rings. The monoisotopic (exact) mass is 1770 g/mol. The van der Waals surface area contributed by atoms with E-state index in [0.29, 0.717) is 38.7 Å². The summed E-state index contributed by atoms with van der Waals surface area (Å²) < 4.78 is 451. The van der Waals surface area contributed by atoms with Crippen molar-refractivity contribution in [1.82, 2.24) is 44.9 Å². The lowest BCUT2D eigenvalue weighted by atomic mass is 9.94. The van der Waals surface area contributed by atoms with Crippen molar-refractivity contribution < 1.29 is 77.4 Å². The van der Waals surface area contributed by atoms with E-state index in [1.54, 1.807) is 30.3 Å². The van der Waals surface area contributed by atoms with E-state index in [9.17, 15) is 12.3 Å². The molecule has 26 rings (SSSR count). The molecule has 0 bridgehead atoms. The third kappa shape index (κ3) is 14.6. The molecule has 0 saturated heterocycles. The maximum absolute atomic E-state index is 9.78. The minimum absolute atomic E-state index is 0.00420. The standard InChI is InChI=1S/C43H27N3O.C41H25N3S.C35H25N3OSi/c1-3-11-28(12-4-1)34-24-35(32-20-19-29-13-7-8-16-31(29)23-32)26-36(25-34)43-45-41(30-14-5-2-6-15-30)44-42(46-43)33-21-22-40-38(27-33)37-17-9-10-18-39(37)47-40;1-2-11-29(12-3-1)39-42-40(30-20-17-27(18-21-30)32-22-19-26-9-4-5-13-31(26)25-32)44-41(43-39)35-15-8-16-36-37(35)34-24-23-28-10-6-7-14-33(28)38(34)45-36;1-40(2)30-17-9-7-14-26(30)32-27(15-10-18-31(32)40)35-37-33(22-11-4-3-5-12-22)36-34(38-35)23-19-20-25-24-13-6-8-16-28(24)39-29(25)21-23/h1-27H;1-25H;3-21H,1-2H3/i1D,2D,3D,4D,5D,6D,7D,8D,9D,10D,11D,12D,13D,14D,15D,16D,17D,18D,19D,20D,21D,22D,23D,24D,25D,26D,27D;6D,7D,8D,10D,14D,15D,16D,23D,24D;6D,7D,8D,9D,10D,13D,14D,15D,16D,17D,18D,19D,20D,21D. The lowest BCUT2D eigenvalue weighted by molar-refractivity contribution is 0.668. The van der Waals surface area contributed by atoms with Gasteiger partial charge < -0.3 is 8.83 Å². The molecule has 1 aliphatic heterocycles. The fraction of sp³-hybridized carbons (Fsp3) is 0.0168. The average Bonchev–Trinajstić information content (AvgIpc) is 1.53. The Morgan fingerprint density at radius 3 is 1.40 bits per heavy atom. The smallest absolute Gasteiger partial charge is 0.164 e. The van der Waals surface area contributed by atoms with Crippen molar-refractivity contribution in [2.24, 2.45) is 0 Å². The van der Waals surface area contributed by atoms with Crippen molar-refractivity contribution in [3.05, 3.63) is 430 Å². The highest BCUT2D eigenvalue weighted by Gasteiger charge is 2.39. The number of thiophene rings is 1. The second kappa shape index (κ2) is 33.0. The van der Waals surface area contributed by atoms with Crippen LogP contribution in [0.2, 0.25) is 13.1 Å². The highest BCUT2D eigenvalue weighted by Crippen LogP contribution is 2.45. The molecule has 11 nitrogen and oxygen atoms in total. The van der Waals surface area contributed by atoms with Crippen LogP contribution in [0.4, 0.5) is 0 Å². The highest BCUT2D eigenvalue weighted by molar-refractivity contribution is 7.26. The van der Waals surface area contributed by atoms with Crippen LogP contribution in [-0.4, -0.2) is 52.9 Å². The average molecular weight is 1780 g/mol. The SMILES string of the molecule is [2H]c1c([2H])c(-c2nc(-c3ccccc3)nc(-c3ccc(-c4ccc5ccccc5c4)cc3)n2)c2c(sc3c4c([2H])c([2H])c([2H])c([2H])c4c([2H])c([2H])c32)c1[2H].[2H]c1c([2H])c([2H])c(-c2nc(-c3c([2H])c(-c4c([2H])c([2H])c([2H])c([2H])c4[2H])c([2H])c(-c4c([2H])c([2H])c5c([2H])c([2H])c([2H])c([2H])c5c4[2H])c3[2H])nc(-c3c([2H])c([2H])c4oc5c([2H])c([2H])c([2H])c([2H])c5c4c3[2H])n2)c([2H])c1[2H].[2H]c1c([2H])c([2H])c2c(c1[2H])-c1c(-c3nc(-c4ccccc4)nc(-c4c([2H])c([2H])c5c(oc6c([2H])c([2H])c([2H])c([2H])c65)c4[2H])n3)c([2H])c([2H])c([2H])c1[Si]2(C)C. The third-order valence-corrected chi connectivity index (χ3v) is 26.0. The van der Waals surface area contributed by atoms with Gasteiger partial charge in [0.25, 0.3) is 0 Å². The molecule has 6 aromatic heterocycles. The molecular formula is C119H77N9O2SSi. The van der Waals surface area contributed by atoms with Crippen LogP contribution in [0.25, 0.3) is 243 Å². The van der Waals surface area contributed by atoms with Gasteiger partial charge in [-0.15, -0.1) is 11.3 Å². The van der Waals surface area contributed by atoms with Gasteiger partial charge in [0.1, 0.15) is 30.4 Å². The summed E-state index contributed by atoms with van der Waals surface area (Å²) in [6, 6.07) is 5.10. The first-order valence-corrected chi connectivity index (χ1v) is 44.0. The van der Waals surface area contributed by atoms with Gasteiger partial charge >= 0.3 is 0 Å². The van der Waals surface area contributed by atoms with Crippen molar-refractivity contribution in [2.45, 2.75) is 13.1 Å². The van der Waals surface area contributed by atoms with Gasteiger partial charge in [0.15, 0.2) is 52.4 Å². The predicted octanol–water partition coefficient (Wildman–Crippen LogP) is 30.0. The molecule has 0 amide bonds. The Balaban J connectivity index is 0.000000141. The largest absolute Gasteiger partial charge is 0.456 e. The van der Waals surface area contributed by atoms with Crippen molar-refractivity contribution >= 4 is 126 Å². The summed E-state index contributed by atoms with van der Waals surface area (Å²) in [6.07, 6.45) is 0. The number of furan rings is 2. The van der Waals surface area contributed by atoms with Crippen LogP contribution in [0.5, 0.6) is 0 Å².